The van der Waals surface area contributed by atoms with Gasteiger partial charge in [-0.1, -0.05) is 6.07 Å². The van der Waals surface area contributed by atoms with Gasteiger partial charge in [0.05, 0.1) is 12.7 Å². The van der Waals surface area contributed by atoms with E-state index >= 15 is 0 Å². The first-order valence-corrected chi connectivity index (χ1v) is 6.34. The minimum Gasteiger partial charge on any atom is -0.389 e. The summed E-state index contributed by atoms with van der Waals surface area (Å²) in [6, 6.07) is 5.57. The third-order valence-corrected chi connectivity index (χ3v) is 3.54. The Kier molecular flexibility index (Phi) is 5.87. The van der Waals surface area contributed by atoms with Crippen molar-refractivity contribution in [2.75, 3.05) is 20.3 Å². The van der Waals surface area contributed by atoms with Crippen LogP contribution in [0.15, 0.2) is 18.2 Å². The van der Waals surface area contributed by atoms with Crippen LogP contribution < -0.4 is 5.32 Å². The highest BCUT2D eigenvalue weighted by molar-refractivity contribution is 14.1. The minimum absolute atomic E-state index is 0.170. The zero-order chi connectivity index (χ0) is 12.8. The van der Waals surface area contributed by atoms with Crippen molar-refractivity contribution >= 4 is 28.5 Å². The van der Waals surface area contributed by atoms with E-state index in [0.717, 1.165) is 9.13 Å². The average molecular weight is 349 g/mol. The number of halogens is 1. The van der Waals surface area contributed by atoms with Gasteiger partial charge in [0.1, 0.15) is 0 Å². The first-order valence-electron chi connectivity index (χ1n) is 5.26. The topological polar surface area (TPSA) is 58.6 Å². The number of methoxy groups -OCH3 is 1. The predicted octanol–water partition coefficient (Wildman–Crippen LogP) is 1.34. The maximum Gasteiger partial charge on any atom is 0.251 e. The molecule has 0 fully saturated rings. The average Bonchev–Trinajstić information content (AvgIpc) is 2.30. The van der Waals surface area contributed by atoms with Gasteiger partial charge in [-0.05, 0) is 47.2 Å². The summed E-state index contributed by atoms with van der Waals surface area (Å²) in [6.07, 6.45) is -0.674. The first-order chi connectivity index (χ1) is 8.06. The second-order valence-corrected chi connectivity index (χ2v) is 4.89. The molecule has 2 N–H and O–H groups in total. The summed E-state index contributed by atoms with van der Waals surface area (Å²) in [4.78, 5) is 11.9. The molecule has 1 atom stereocenters. The summed E-state index contributed by atoms with van der Waals surface area (Å²) in [5.74, 6) is -0.170. The summed E-state index contributed by atoms with van der Waals surface area (Å²) in [7, 11) is 1.51. The van der Waals surface area contributed by atoms with Crippen LogP contribution in [-0.4, -0.2) is 37.4 Å². The molecule has 0 radical (unpaired) electrons. The van der Waals surface area contributed by atoms with E-state index in [1.54, 1.807) is 6.07 Å². The molecule has 1 aromatic rings. The monoisotopic (exact) mass is 349 g/mol. The van der Waals surface area contributed by atoms with Gasteiger partial charge in [0.15, 0.2) is 0 Å². The molecule has 1 rings (SSSR count). The molecule has 0 aromatic heterocycles. The van der Waals surface area contributed by atoms with E-state index < -0.39 is 6.10 Å². The van der Waals surface area contributed by atoms with Gasteiger partial charge in [-0.25, -0.2) is 0 Å². The molecular formula is C12H16INO3. The Morgan fingerprint density at radius 3 is 2.94 bits per heavy atom. The van der Waals surface area contributed by atoms with Crippen LogP contribution in [0, 0.1) is 10.5 Å². The minimum atomic E-state index is -0.674. The molecule has 0 saturated carbocycles. The van der Waals surface area contributed by atoms with E-state index in [1.807, 2.05) is 19.1 Å². The summed E-state index contributed by atoms with van der Waals surface area (Å²) < 4.78 is 5.83. The first kappa shape index (κ1) is 14.4. The number of ether oxygens (including phenoxy) is 1. The predicted molar refractivity (Wildman–Crippen MR) is 74.1 cm³/mol. The highest BCUT2D eigenvalue weighted by Crippen LogP contribution is 2.15. The van der Waals surface area contributed by atoms with E-state index in [-0.39, 0.29) is 19.1 Å². The van der Waals surface area contributed by atoms with Gasteiger partial charge < -0.3 is 15.2 Å². The van der Waals surface area contributed by atoms with Crippen molar-refractivity contribution in [2.45, 2.75) is 13.0 Å². The van der Waals surface area contributed by atoms with E-state index in [9.17, 15) is 9.90 Å². The van der Waals surface area contributed by atoms with Gasteiger partial charge in [-0.2, -0.15) is 0 Å². The zero-order valence-corrected chi connectivity index (χ0v) is 12.0. The van der Waals surface area contributed by atoms with Crippen molar-refractivity contribution in [3.05, 3.63) is 32.9 Å². The molecule has 1 aromatic carbocycles. The molecule has 0 saturated heterocycles. The molecule has 17 heavy (non-hydrogen) atoms. The Morgan fingerprint density at radius 1 is 1.59 bits per heavy atom. The molecule has 0 aliphatic heterocycles. The molecule has 94 valence electrons. The second kappa shape index (κ2) is 6.93. The number of aliphatic hydroxyl groups excluding tert-OH is 1. The van der Waals surface area contributed by atoms with Crippen LogP contribution in [0.4, 0.5) is 0 Å². The van der Waals surface area contributed by atoms with Crippen molar-refractivity contribution < 1.29 is 14.6 Å². The lowest BCUT2D eigenvalue weighted by atomic mass is 10.1. The van der Waals surface area contributed by atoms with Crippen LogP contribution in [-0.2, 0) is 4.74 Å². The number of carbonyl (C=O) groups excluding carboxylic acids is 1. The van der Waals surface area contributed by atoms with Gasteiger partial charge in [-0.15, -0.1) is 0 Å². The fourth-order valence-electron chi connectivity index (χ4n) is 1.41. The number of aliphatic hydroxyl groups is 1. The lowest BCUT2D eigenvalue weighted by molar-refractivity contribution is 0.0609. The highest BCUT2D eigenvalue weighted by atomic mass is 127. The normalized spacial score (nSPS) is 12.2. The number of hydrogen-bond donors (Lipinski definition) is 2. The maximum absolute atomic E-state index is 11.9. The molecule has 0 spiro atoms. The number of carbonyl (C=O) groups is 1. The molecule has 1 unspecified atom stereocenters. The summed E-state index contributed by atoms with van der Waals surface area (Å²) in [5.41, 5.74) is 1.59. The van der Waals surface area contributed by atoms with E-state index in [0.29, 0.717) is 5.56 Å². The van der Waals surface area contributed by atoms with Crippen molar-refractivity contribution in [3.8, 4) is 0 Å². The molecule has 5 heteroatoms. The Morgan fingerprint density at radius 2 is 2.29 bits per heavy atom. The molecule has 4 nitrogen and oxygen atoms in total. The Bertz CT molecular complexity index is 395. The molecule has 1 amide bonds. The van der Waals surface area contributed by atoms with Crippen LogP contribution in [0.1, 0.15) is 15.9 Å². The van der Waals surface area contributed by atoms with Crippen molar-refractivity contribution in [3.63, 3.8) is 0 Å². The highest BCUT2D eigenvalue weighted by Gasteiger charge is 2.12. The number of rotatable bonds is 5. The van der Waals surface area contributed by atoms with Crippen molar-refractivity contribution in [1.82, 2.24) is 5.32 Å². The summed E-state index contributed by atoms with van der Waals surface area (Å²) in [6.45, 7) is 2.31. The second-order valence-electron chi connectivity index (χ2n) is 3.73. The quantitative estimate of drug-likeness (QED) is 0.789. The van der Waals surface area contributed by atoms with Gasteiger partial charge in [0, 0.05) is 22.8 Å². The zero-order valence-electron chi connectivity index (χ0n) is 9.87. The lowest BCUT2D eigenvalue weighted by Gasteiger charge is -2.12. The van der Waals surface area contributed by atoms with Crippen LogP contribution in [0.2, 0.25) is 0 Å². The number of benzene rings is 1. The third kappa shape index (κ3) is 4.25. The summed E-state index contributed by atoms with van der Waals surface area (Å²) >= 11 is 2.19. The van der Waals surface area contributed by atoms with Crippen LogP contribution >= 0.6 is 22.6 Å². The maximum atomic E-state index is 11.9. The Balaban J connectivity index is 2.61. The SMILES string of the molecule is COCC(O)CNC(=O)c1cccc(I)c1C. The van der Waals surface area contributed by atoms with Crippen molar-refractivity contribution in [2.24, 2.45) is 0 Å². The lowest BCUT2D eigenvalue weighted by Crippen LogP contribution is -2.34. The molecule has 0 aliphatic rings. The van der Waals surface area contributed by atoms with Gasteiger partial charge in [0.25, 0.3) is 5.91 Å². The molecular weight excluding hydrogens is 333 g/mol. The van der Waals surface area contributed by atoms with Crippen molar-refractivity contribution in [1.29, 1.82) is 0 Å². The molecule has 0 bridgehead atoms. The number of hydrogen-bond acceptors (Lipinski definition) is 3. The summed E-state index contributed by atoms with van der Waals surface area (Å²) in [5, 5.41) is 12.1. The smallest absolute Gasteiger partial charge is 0.251 e. The standard InChI is InChI=1S/C12H16INO3/c1-8-10(4-3-5-11(8)13)12(16)14-6-9(15)7-17-2/h3-5,9,15H,6-7H2,1-2H3,(H,14,16). The van der Waals surface area contributed by atoms with Crippen LogP contribution in [0.25, 0.3) is 0 Å². The van der Waals surface area contributed by atoms with Gasteiger partial charge in [-0.3, -0.25) is 4.79 Å². The van der Waals surface area contributed by atoms with E-state index in [4.69, 9.17) is 4.74 Å². The Labute approximate surface area is 115 Å². The van der Waals surface area contributed by atoms with Crippen LogP contribution in [0.3, 0.4) is 0 Å². The third-order valence-electron chi connectivity index (χ3n) is 2.37. The van der Waals surface area contributed by atoms with E-state index in [1.165, 1.54) is 7.11 Å². The largest absolute Gasteiger partial charge is 0.389 e. The van der Waals surface area contributed by atoms with Crippen LogP contribution in [0.5, 0.6) is 0 Å². The van der Waals surface area contributed by atoms with Gasteiger partial charge in [0.2, 0.25) is 0 Å². The fraction of sp³-hybridized carbons (Fsp3) is 0.417. The van der Waals surface area contributed by atoms with E-state index in [2.05, 4.69) is 27.9 Å². The number of nitrogens with one attached hydrogen (secondary N) is 1. The molecule has 0 heterocycles. The Hall–Kier alpha value is -0.660. The fourth-order valence-corrected chi connectivity index (χ4v) is 1.91. The molecule has 0 aliphatic carbocycles. The van der Waals surface area contributed by atoms with Gasteiger partial charge >= 0.3 is 0 Å². The number of amides is 1.